The van der Waals surface area contributed by atoms with Crippen molar-refractivity contribution in [3.8, 4) is 0 Å². The van der Waals surface area contributed by atoms with Gasteiger partial charge in [-0.05, 0) is 75.1 Å². The molecule has 12 N–H and O–H groups in total. The number of Topliss-reactive ketones (excluding diaryl/α,β-unsaturated/α-hetero) is 4. The van der Waals surface area contributed by atoms with Crippen LogP contribution in [-0.4, -0.2) is 149 Å². The number of aliphatic carboxylic acids is 1. The Morgan fingerprint density at radius 1 is 0.705 bits per heavy atom. The van der Waals surface area contributed by atoms with Crippen LogP contribution in [0.5, 0.6) is 0 Å². The van der Waals surface area contributed by atoms with Crippen LogP contribution in [-0.2, 0) is 38.2 Å². The molecule has 432 valence electrons. The van der Waals surface area contributed by atoms with Crippen molar-refractivity contribution in [2.75, 3.05) is 5.73 Å². The second kappa shape index (κ2) is 35.1. The van der Waals surface area contributed by atoms with Crippen molar-refractivity contribution in [2.24, 2.45) is 29.4 Å². The van der Waals surface area contributed by atoms with E-state index in [2.05, 4.69) is 0 Å². The van der Waals surface area contributed by atoms with Crippen LogP contribution in [0.15, 0.2) is 109 Å². The standard InChI is InChI=1S/C59H84N2O17/c1-36-19-15-13-11-9-7-5-6-8-10-12-14-16-24-47(77-59-56(73)54(61)55(72)39(4)76-59)34-51(70)53(58(74)75)50(69)32-46(66)31-44(64)22-17-20-42(62)30-43(63)21-18-23-45(65)33-52(71)78-57(36)38(3)29-37(2)48(67)35-49(68)40-25-27-41(60)28-26-40/h5-16,19,24-28,36-39,42,44,47-48,50-51,53-57,59,62,64,67,69-70,72-73H,17-18,20-23,29-35,60-61H2,1-4H3,(H,74,75)/b6-5+,9-7+,10-8+,13-11-,14-12+,19-15+,24-16+/t36-,37-,38-,39+,42+,44-,47-,48-,50-,51-,53+,54-,55+,56-,57-,59-/m0/s1. The van der Waals surface area contributed by atoms with Crippen LogP contribution in [0.1, 0.15) is 122 Å². The number of cyclic esters (lactones) is 1. The van der Waals surface area contributed by atoms with E-state index in [-0.39, 0.29) is 80.7 Å². The van der Waals surface area contributed by atoms with Crippen LogP contribution in [0.4, 0.5) is 5.69 Å². The van der Waals surface area contributed by atoms with Crippen molar-refractivity contribution in [1.82, 2.24) is 0 Å². The normalized spacial score (nSPS) is 34.0. The number of hydrogen-bond donors (Lipinski definition) is 10. The van der Waals surface area contributed by atoms with Crippen molar-refractivity contribution in [3.05, 3.63) is 115 Å². The van der Waals surface area contributed by atoms with E-state index >= 15 is 0 Å². The van der Waals surface area contributed by atoms with Gasteiger partial charge in [0.2, 0.25) is 0 Å². The fourth-order valence-corrected chi connectivity index (χ4v) is 9.27. The number of aliphatic hydroxyl groups is 7. The first-order valence-corrected chi connectivity index (χ1v) is 26.8. The predicted molar refractivity (Wildman–Crippen MR) is 292 cm³/mol. The molecule has 2 aliphatic heterocycles. The van der Waals surface area contributed by atoms with Gasteiger partial charge in [-0.1, -0.05) is 106 Å². The number of carbonyl (C=O) groups excluding carboxylic acids is 5. The summed E-state index contributed by atoms with van der Waals surface area (Å²) in [5.41, 5.74) is 12.7. The molecule has 16 atom stereocenters. The Labute approximate surface area is 457 Å². The molecule has 19 nitrogen and oxygen atoms in total. The minimum Gasteiger partial charge on any atom is -0.481 e. The maximum absolute atomic E-state index is 13.3. The summed E-state index contributed by atoms with van der Waals surface area (Å²) in [5, 5.41) is 85.4. The van der Waals surface area contributed by atoms with Gasteiger partial charge in [0.25, 0.3) is 0 Å². The SMILES string of the molecule is C[C@H]1/C=C/C=C\C=C\C=C\C=C\C=C\C=C\[C@H](O[C@@H]2O[C@H](C)[C@@H](O)[C@H](N)[C@@H]2O)C[C@H](O)[C@H](C(=O)O)[C@@H](O)CC(=O)C[C@@H](O)CCC[C@@H](O)CC(=O)CCCC(=O)CC(=O)O[C@@H]1[C@@H](C)C[C@H](C)[C@@H](O)CC(=O)c1ccc(N)cc1. The number of carboxylic acids is 1. The highest BCUT2D eigenvalue weighted by Crippen LogP contribution is 2.29. The molecule has 0 aliphatic carbocycles. The second-order valence-corrected chi connectivity index (χ2v) is 20.7. The lowest BCUT2D eigenvalue weighted by Gasteiger charge is -2.41. The Balaban J connectivity index is 1.81. The van der Waals surface area contributed by atoms with Gasteiger partial charge in [0, 0.05) is 62.1 Å². The number of aliphatic hydroxyl groups excluding tert-OH is 7. The minimum absolute atomic E-state index is 0.0275. The number of esters is 1. The molecule has 1 fully saturated rings. The molecule has 0 unspecified atom stereocenters. The molecule has 19 heteroatoms. The number of ether oxygens (including phenoxy) is 3. The number of anilines is 1. The second-order valence-electron chi connectivity index (χ2n) is 20.7. The topological polar surface area (TPSA) is 344 Å². The molecule has 0 spiro atoms. The lowest BCUT2D eigenvalue weighted by molar-refractivity contribution is -0.277. The van der Waals surface area contributed by atoms with Crippen molar-refractivity contribution in [3.63, 3.8) is 0 Å². The molecule has 0 bridgehead atoms. The largest absolute Gasteiger partial charge is 0.481 e. The molecule has 1 aromatic carbocycles. The first kappa shape index (κ1) is 66.7. The van der Waals surface area contributed by atoms with E-state index in [1.807, 2.05) is 26.8 Å². The summed E-state index contributed by atoms with van der Waals surface area (Å²) in [6.07, 6.45) is 8.45. The Bertz CT molecular complexity index is 2270. The van der Waals surface area contributed by atoms with Gasteiger partial charge in [0.05, 0.1) is 54.9 Å². The van der Waals surface area contributed by atoms with Gasteiger partial charge < -0.3 is 66.5 Å². The number of carbonyl (C=O) groups is 6. The quantitative estimate of drug-likeness (QED) is 0.0660. The van der Waals surface area contributed by atoms with Crippen LogP contribution in [0.25, 0.3) is 0 Å². The van der Waals surface area contributed by atoms with Crippen LogP contribution >= 0.6 is 0 Å². The summed E-state index contributed by atoms with van der Waals surface area (Å²) >= 11 is 0. The molecular weight excluding hydrogens is 1010 g/mol. The van der Waals surface area contributed by atoms with Gasteiger partial charge in [0.1, 0.15) is 41.9 Å². The van der Waals surface area contributed by atoms with Gasteiger partial charge in [-0.15, -0.1) is 0 Å². The molecule has 2 aliphatic rings. The monoisotopic (exact) mass is 1090 g/mol. The van der Waals surface area contributed by atoms with E-state index in [1.54, 1.807) is 91.1 Å². The van der Waals surface area contributed by atoms with Crippen molar-refractivity contribution in [2.45, 2.75) is 185 Å². The summed E-state index contributed by atoms with van der Waals surface area (Å²) in [5.74, 6) is -6.97. The number of benzene rings is 1. The smallest absolute Gasteiger partial charge is 0.313 e. The number of nitrogens with two attached hydrogens (primary N) is 2. The Hall–Kier alpha value is -5.58. The predicted octanol–water partition coefficient (Wildman–Crippen LogP) is 4.64. The van der Waals surface area contributed by atoms with E-state index < -0.39 is 128 Å². The van der Waals surface area contributed by atoms with Crippen molar-refractivity contribution >= 4 is 40.8 Å². The molecule has 2 heterocycles. The van der Waals surface area contributed by atoms with Crippen LogP contribution in [0.3, 0.4) is 0 Å². The van der Waals surface area contributed by atoms with Crippen LogP contribution in [0, 0.1) is 23.7 Å². The summed E-state index contributed by atoms with van der Waals surface area (Å²) in [7, 11) is 0. The van der Waals surface area contributed by atoms with E-state index in [1.165, 1.54) is 19.1 Å². The highest BCUT2D eigenvalue weighted by molar-refractivity contribution is 5.97. The third-order valence-electron chi connectivity index (χ3n) is 13.8. The molecule has 0 amide bonds. The van der Waals surface area contributed by atoms with E-state index in [0.29, 0.717) is 17.7 Å². The first-order chi connectivity index (χ1) is 37.0. The molecule has 3 rings (SSSR count). The zero-order valence-corrected chi connectivity index (χ0v) is 45.2. The third-order valence-corrected chi connectivity index (χ3v) is 13.8. The Morgan fingerprint density at radius 3 is 1.82 bits per heavy atom. The maximum Gasteiger partial charge on any atom is 0.313 e. The zero-order valence-electron chi connectivity index (χ0n) is 45.2. The van der Waals surface area contributed by atoms with Gasteiger partial charge in [-0.3, -0.25) is 28.8 Å². The lowest BCUT2D eigenvalue weighted by atomic mass is 9.83. The number of rotatable bonds is 10. The number of nitrogen functional groups attached to an aromatic ring is 1. The average Bonchev–Trinajstić information content (AvgIpc) is 3.39. The summed E-state index contributed by atoms with van der Waals surface area (Å²) in [6.45, 7) is 7.07. The number of carboxylic acid groups (broad SMARTS) is 1. The van der Waals surface area contributed by atoms with Crippen molar-refractivity contribution < 1.29 is 83.8 Å². The van der Waals surface area contributed by atoms with Crippen LogP contribution < -0.4 is 11.5 Å². The van der Waals surface area contributed by atoms with Crippen LogP contribution in [0.2, 0.25) is 0 Å². The Morgan fingerprint density at radius 2 is 1.24 bits per heavy atom. The fourth-order valence-electron chi connectivity index (χ4n) is 9.27. The first-order valence-electron chi connectivity index (χ1n) is 26.8. The summed E-state index contributed by atoms with van der Waals surface area (Å²) < 4.78 is 17.5. The van der Waals surface area contributed by atoms with Gasteiger partial charge in [0.15, 0.2) is 12.1 Å². The third kappa shape index (κ3) is 24.6. The molecule has 1 aromatic rings. The molecule has 0 radical (unpaired) electrons. The van der Waals surface area contributed by atoms with Gasteiger partial charge >= 0.3 is 11.9 Å². The maximum atomic E-state index is 13.3. The zero-order chi connectivity index (χ0) is 57.9. The van der Waals surface area contributed by atoms with E-state index in [4.69, 9.17) is 25.7 Å². The summed E-state index contributed by atoms with van der Waals surface area (Å²) in [6, 6.07) is 5.29. The highest BCUT2D eigenvalue weighted by atomic mass is 16.7. The molecular formula is C59H84N2O17. The molecule has 1 saturated heterocycles. The molecule has 78 heavy (non-hydrogen) atoms. The number of hydrogen-bond acceptors (Lipinski definition) is 18. The fraction of sp³-hybridized carbons (Fsp3) is 0.559. The molecule has 0 aromatic heterocycles. The van der Waals surface area contributed by atoms with E-state index in [0.717, 1.165) is 0 Å². The summed E-state index contributed by atoms with van der Waals surface area (Å²) in [4.78, 5) is 77.2. The average molecular weight is 1090 g/mol. The van der Waals surface area contributed by atoms with Gasteiger partial charge in [-0.25, -0.2) is 0 Å². The van der Waals surface area contributed by atoms with E-state index in [9.17, 15) is 69.6 Å². The Kier molecular flexibility index (Phi) is 30.0. The highest BCUT2D eigenvalue weighted by Gasteiger charge is 2.43. The number of ketones is 4. The molecule has 0 saturated carbocycles. The number of allylic oxidation sites excluding steroid dienone is 12. The lowest BCUT2D eigenvalue weighted by Crippen LogP contribution is -2.61. The van der Waals surface area contributed by atoms with Crippen molar-refractivity contribution in [1.29, 1.82) is 0 Å². The van der Waals surface area contributed by atoms with Gasteiger partial charge in [-0.2, -0.15) is 0 Å². The minimum atomic E-state index is -1.88.